The van der Waals surface area contributed by atoms with E-state index in [1.54, 1.807) is 29.2 Å². The molecule has 2 heterocycles. The van der Waals surface area contributed by atoms with E-state index in [0.29, 0.717) is 42.5 Å². The van der Waals surface area contributed by atoms with E-state index < -0.39 is 18.6 Å². The number of carboxylic acid groups (broad SMARTS) is 1. The Labute approximate surface area is 259 Å². The minimum atomic E-state index is -1.13. The van der Waals surface area contributed by atoms with Gasteiger partial charge in [-0.2, -0.15) is 0 Å². The van der Waals surface area contributed by atoms with Gasteiger partial charge in [-0.05, 0) is 65.8 Å². The van der Waals surface area contributed by atoms with Crippen molar-refractivity contribution >= 4 is 23.5 Å². The average Bonchev–Trinajstić information content (AvgIpc) is 3.52. The van der Waals surface area contributed by atoms with Crippen LogP contribution in [0.25, 0.3) is 22.5 Å². The number of rotatable bonds is 11. The largest absolute Gasteiger partial charge is 0.487 e. The van der Waals surface area contributed by atoms with Crippen molar-refractivity contribution in [3.63, 3.8) is 0 Å². The molecule has 11 heteroatoms. The van der Waals surface area contributed by atoms with Gasteiger partial charge in [0.15, 0.2) is 11.5 Å². The summed E-state index contributed by atoms with van der Waals surface area (Å²) in [5, 5.41) is 35.2. The first kappa shape index (κ1) is 31.2. The SMILES string of the molecule is Cc1c(COc2ccc(CN[C@H](CO)C(=O)O)cc2Cl)cccc1-c1cccc(-c2cc(C(=O)N3CCC(O)CC3)no2)c1. The van der Waals surface area contributed by atoms with E-state index in [-0.39, 0.29) is 30.9 Å². The van der Waals surface area contributed by atoms with Crippen molar-refractivity contribution in [1.82, 2.24) is 15.4 Å². The number of aliphatic hydroxyl groups excluding tert-OH is 2. The molecule has 3 aromatic carbocycles. The van der Waals surface area contributed by atoms with Crippen molar-refractivity contribution in [2.75, 3.05) is 19.7 Å². The molecule has 1 aromatic heterocycles. The van der Waals surface area contributed by atoms with Gasteiger partial charge in [0.25, 0.3) is 5.91 Å². The Morgan fingerprint density at radius 1 is 1.09 bits per heavy atom. The van der Waals surface area contributed by atoms with Gasteiger partial charge < -0.3 is 29.5 Å². The van der Waals surface area contributed by atoms with Crippen LogP contribution >= 0.6 is 11.6 Å². The van der Waals surface area contributed by atoms with Crippen LogP contribution in [0.4, 0.5) is 0 Å². The summed E-state index contributed by atoms with van der Waals surface area (Å²) in [6, 6.07) is 19.7. The standard InChI is InChI=1S/C33H34ClN3O7/c1-20-24(19-43-30-9-8-21(14-27(30)34)17-35-29(18-38)33(41)42)6-3-7-26(20)22-4-2-5-23(15-22)31-16-28(36-44-31)32(40)37-12-10-25(39)11-13-37/h2-9,14-16,25,29,35,38-39H,10-13,17-19H2,1H3,(H,41,42)/t29-/m1/s1. The lowest BCUT2D eigenvalue weighted by Gasteiger charge is -2.28. The van der Waals surface area contributed by atoms with Crippen LogP contribution in [0.15, 0.2) is 71.3 Å². The van der Waals surface area contributed by atoms with Crippen molar-refractivity contribution in [1.29, 1.82) is 0 Å². The Morgan fingerprint density at radius 3 is 2.57 bits per heavy atom. The summed E-state index contributed by atoms with van der Waals surface area (Å²) >= 11 is 6.45. The number of aromatic nitrogens is 1. The Bertz CT molecular complexity index is 1630. The third kappa shape index (κ3) is 7.28. The van der Waals surface area contributed by atoms with Gasteiger partial charge in [0.2, 0.25) is 0 Å². The molecule has 0 radical (unpaired) electrons. The number of piperidine rings is 1. The van der Waals surface area contributed by atoms with Gasteiger partial charge in [-0.25, -0.2) is 0 Å². The van der Waals surface area contributed by atoms with E-state index in [9.17, 15) is 19.8 Å². The molecule has 5 rings (SSSR count). The molecular formula is C33H34ClN3O7. The number of carbonyl (C=O) groups excluding carboxylic acids is 1. The Hall–Kier alpha value is -4.22. The zero-order chi connectivity index (χ0) is 31.2. The van der Waals surface area contributed by atoms with Crippen molar-refractivity contribution in [3.05, 3.63) is 94.1 Å². The molecule has 10 nitrogen and oxygen atoms in total. The van der Waals surface area contributed by atoms with E-state index in [1.165, 1.54) is 0 Å². The summed E-state index contributed by atoms with van der Waals surface area (Å²) in [4.78, 5) is 25.7. The normalized spacial score (nSPS) is 14.4. The van der Waals surface area contributed by atoms with E-state index in [0.717, 1.165) is 33.4 Å². The van der Waals surface area contributed by atoms with Crippen LogP contribution in [0.5, 0.6) is 5.75 Å². The van der Waals surface area contributed by atoms with Gasteiger partial charge in [0.05, 0.1) is 17.7 Å². The van der Waals surface area contributed by atoms with Gasteiger partial charge in [-0.3, -0.25) is 14.9 Å². The zero-order valence-corrected chi connectivity index (χ0v) is 25.0. The second kappa shape index (κ2) is 14.0. The van der Waals surface area contributed by atoms with Gasteiger partial charge in [-0.1, -0.05) is 59.2 Å². The number of benzene rings is 3. The third-order valence-corrected chi connectivity index (χ3v) is 8.09. The lowest BCUT2D eigenvalue weighted by molar-refractivity contribution is -0.140. The van der Waals surface area contributed by atoms with Gasteiger partial charge in [0, 0.05) is 31.3 Å². The molecule has 0 spiro atoms. The van der Waals surface area contributed by atoms with E-state index in [2.05, 4.69) is 10.5 Å². The molecule has 1 saturated heterocycles. The molecule has 1 fully saturated rings. The summed E-state index contributed by atoms with van der Waals surface area (Å²) in [5.74, 6) is -0.341. The summed E-state index contributed by atoms with van der Waals surface area (Å²) in [7, 11) is 0. The summed E-state index contributed by atoms with van der Waals surface area (Å²) < 4.78 is 11.6. The Balaban J connectivity index is 1.26. The Kier molecular flexibility index (Phi) is 9.96. The highest BCUT2D eigenvalue weighted by Crippen LogP contribution is 2.32. The number of ether oxygens (including phenoxy) is 1. The minimum Gasteiger partial charge on any atom is -0.487 e. The lowest BCUT2D eigenvalue weighted by Crippen LogP contribution is -2.40. The minimum absolute atomic E-state index is 0.202. The maximum Gasteiger partial charge on any atom is 0.323 e. The van der Waals surface area contributed by atoms with Crippen LogP contribution in [-0.4, -0.2) is 69.1 Å². The molecule has 4 N–H and O–H groups in total. The zero-order valence-electron chi connectivity index (χ0n) is 24.2. The smallest absolute Gasteiger partial charge is 0.323 e. The molecule has 1 amide bonds. The predicted molar refractivity (Wildman–Crippen MR) is 164 cm³/mol. The average molecular weight is 620 g/mol. The lowest BCUT2D eigenvalue weighted by atomic mass is 9.95. The molecule has 0 bridgehead atoms. The second-order valence-corrected chi connectivity index (χ2v) is 11.2. The van der Waals surface area contributed by atoms with Crippen molar-refractivity contribution in [2.24, 2.45) is 0 Å². The molecule has 1 aliphatic heterocycles. The number of nitrogens with one attached hydrogen (secondary N) is 1. The molecule has 0 unspecified atom stereocenters. The number of likely N-dealkylation sites (tertiary alicyclic amines) is 1. The molecule has 1 aliphatic rings. The highest BCUT2D eigenvalue weighted by Gasteiger charge is 2.25. The maximum atomic E-state index is 12.9. The number of hydrogen-bond acceptors (Lipinski definition) is 8. The number of carboxylic acids is 1. The van der Waals surface area contributed by atoms with Gasteiger partial charge in [-0.15, -0.1) is 0 Å². The fourth-order valence-electron chi connectivity index (χ4n) is 5.13. The third-order valence-electron chi connectivity index (χ3n) is 7.80. The first-order chi connectivity index (χ1) is 21.2. The highest BCUT2D eigenvalue weighted by molar-refractivity contribution is 6.32. The highest BCUT2D eigenvalue weighted by atomic mass is 35.5. The number of carbonyl (C=O) groups is 2. The van der Waals surface area contributed by atoms with Crippen LogP contribution < -0.4 is 10.1 Å². The van der Waals surface area contributed by atoms with Crippen LogP contribution in [-0.2, 0) is 17.9 Å². The molecule has 44 heavy (non-hydrogen) atoms. The quantitative estimate of drug-likeness (QED) is 0.188. The summed E-state index contributed by atoms with van der Waals surface area (Å²) in [5.41, 5.74) is 5.78. The number of aliphatic carboxylic acids is 1. The number of aliphatic hydroxyl groups is 2. The van der Waals surface area contributed by atoms with Crippen molar-refractivity contribution in [2.45, 2.75) is 45.1 Å². The second-order valence-electron chi connectivity index (χ2n) is 10.8. The fourth-order valence-corrected chi connectivity index (χ4v) is 5.39. The number of hydrogen-bond donors (Lipinski definition) is 4. The molecule has 0 aliphatic carbocycles. The molecule has 230 valence electrons. The predicted octanol–water partition coefficient (Wildman–Crippen LogP) is 4.68. The summed E-state index contributed by atoms with van der Waals surface area (Å²) in [6.45, 7) is 3.01. The van der Waals surface area contributed by atoms with Crippen molar-refractivity contribution < 1.29 is 34.2 Å². The first-order valence-electron chi connectivity index (χ1n) is 14.3. The van der Waals surface area contributed by atoms with Crippen LogP contribution in [0.1, 0.15) is 40.0 Å². The van der Waals surface area contributed by atoms with Gasteiger partial charge >= 0.3 is 5.97 Å². The molecule has 4 aromatic rings. The number of nitrogens with zero attached hydrogens (tertiary/aromatic N) is 2. The van der Waals surface area contributed by atoms with Crippen LogP contribution in [0, 0.1) is 6.92 Å². The van der Waals surface area contributed by atoms with Crippen LogP contribution in [0.3, 0.4) is 0 Å². The molecule has 0 saturated carbocycles. The fraction of sp³-hybridized carbons (Fsp3) is 0.303. The van der Waals surface area contributed by atoms with E-state index >= 15 is 0 Å². The van der Waals surface area contributed by atoms with Crippen molar-refractivity contribution in [3.8, 4) is 28.2 Å². The monoisotopic (exact) mass is 619 g/mol. The number of halogens is 1. The van der Waals surface area contributed by atoms with Gasteiger partial charge in [0.1, 0.15) is 18.4 Å². The van der Waals surface area contributed by atoms with Crippen LogP contribution in [0.2, 0.25) is 5.02 Å². The first-order valence-corrected chi connectivity index (χ1v) is 14.7. The Morgan fingerprint density at radius 2 is 1.84 bits per heavy atom. The molecule has 1 atom stereocenters. The van der Waals surface area contributed by atoms with E-state index in [1.807, 2.05) is 49.4 Å². The van der Waals surface area contributed by atoms with E-state index in [4.69, 9.17) is 26.0 Å². The molecular weight excluding hydrogens is 586 g/mol. The number of amides is 1. The maximum absolute atomic E-state index is 12.9. The topological polar surface area (TPSA) is 145 Å². The summed E-state index contributed by atoms with van der Waals surface area (Å²) in [6.07, 6.45) is 0.749.